The minimum atomic E-state index is -1.60. The molecule has 0 spiro atoms. The van der Waals surface area contributed by atoms with E-state index >= 15 is 0 Å². The lowest BCUT2D eigenvalue weighted by molar-refractivity contribution is 0.102. The molecule has 2 aromatic rings. The highest BCUT2D eigenvalue weighted by Gasteiger charge is 2.18. The van der Waals surface area contributed by atoms with Crippen molar-refractivity contribution in [2.75, 3.05) is 5.32 Å². The van der Waals surface area contributed by atoms with Gasteiger partial charge in [0.25, 0.3) is 5.91 Å². The summed E-state index contributed by atoms with van der Waals surface area (Å²) in [6, 6.07) is 5.39. The summed E-state index contributed by atoms with van der Waals surface area (Å²) in [7, 11) is 0. The van der Waals surface area contributed by atoms with E-state index in [1.54, 1.807) is 0 Å². The molecule has 0 radical (unpaired) electrons. The normalized spacial score (nSPS) is 15.1. The molecule has 2 nitrogen and oxygen atoms in total. The van der Waals surface area contributed by atoms with Gasteiger partial charge in [-0.25, -0.2) is 17.6 Å². The molecule has 1 amide bonds. The first kappa shape index (κ1) is 18.4. The molecule has 0 aliphatic heterocycles. The number of carbonyl (C=O) groups excluding carboxylic acids is 1. The predicted molar refractivity (Wildman–Crippen MR) is 90.9 cm³/mol. The van der Waals surface area contributed by atoms with Gasteiger partial charge in [-0.15, -0.1) is 0 Å². The smallest absolute Gasteiger partial charge is 0.255 e. The molecule has 0 unspecified atom stereocenters. The molecular weight excluding hydrogens is 346 g/mol. The number of amides is 1. The molecule has 1 aliphatic carbocycles. The standard InChI is InChI=1S/C20H19F4NO/c21-16-7-6-13(9-14(16)8-12-4-2-1-3-5-12)20(26)25-15-10-17(22)19(24)18(23)11-15/h6-7,9-12H,1-5,8H2,(H,25,26). The topological polar surface area (TPSA) is 29.1 Å². The summed E-state index contributed by atoms with van der Waals surface area (Å²) in [4.78, 5) is 12.3. The summed E-state index contributed by atoms with van der Waals surface area (Å²) in [5.41, 5.74) is 0.438. The first-order valence-corrected chi connectivity index (χ1v) is 8.68. The molecule has 1 N–H and O–H groups in total. The number of halogens is 4. The lowest BCUT2D eigenvalue weighted by atomic mass is 9.84. The molecule has 0 aromatic heterocycles. The van der Waals surface area contributed by atoms with Gasteiger partial charge in [-0.1, -0.05) is 32.1 Å². The first-order chi connectivity index (χ1) is 12.4. The van der Waals surface area contributed by atoms with Gasteiger partial charge in [-0.2, -0.15) is 0 Å². The van der Waals surface area contributed by atoms with E-state index in [4.69, 9.17) is 0 Å². The van der Waals surface area contributed by atoms with Crippen LogP contribution in [0.4, 0.5) is 23.2 Å². The number of rotatable bonds is 4. The number of hydrogen-bond donors (Lipinski definition) is 1. The largest absolute Gasteiger partial charge is 0.322 e. The van der Waals surface area contributed by atoms with Crippen LogP contribution in [0, 0.1) is 29.2 Å². The van der Waals surface area contributed by atoms with Crippen LogP contribution in [-0.2, 0) is 6.42 Å². The van der Waals surface area contributed by atoms with Crippen molar-refractivity contribution in [2.45, 2.75) is 38.5 Å². The molecule has 3 rings (SSSR count). The number of nitrogens with one attached hydrogen (secondary N) is 1. The molecule has 1 aliphatic rings. The monoisotopic (exact) mass is 365 g/mol. The zero-order chi connectivity index (χ0) is 18.7. The van der Waals surface area contributed by atoms with Crippen molar-refractivity contribution in [3.05, 3.63) is 64.7 Å². The maximum Gasteiger partial charge on any atom is 0.255 e. The average molecular weight is 365 g/mol. The van der Waals surface area contributed by atoms with E-state index in [-0.39, 0.29) is 17.1 Å². The van der Waals surface area contributed by atoms with E-state index in [2.05, 4.69) is 5.32 Å². The van der Waals surface area contributed by atoms with Crippen molar-refractivity contribution < 1.29 is 22.4 Å². The molecule has 6 heteroatoms. The van der Waals surface area contributed by atoms with Crippen LogP contribution < -0.4 is 5.32 Å². The van der Waals surface area contributed by atoms with Crippen molar-refractivity contribution in [1.82, 2.24) is 0 Å². The maximum atomic E-state index is 14.1. The van der Waals surface area contributed by atoms with E-state index in [0.29, 0.717) is 30.0 Å². The Kier molecular flexibility index (Phi) is 5.59. The van der Waals surface area contributed by atoms with Gasteiger partial charge in [0.1, 0.15) is 5.82 Å². The van der Waals surface area contributed by atoms with E-state index < -0.39 is 23.4 Å². The SMILES string of the molecule is O=C(Nc1cc(F)c(F)c(F)c1)c1ccc(F)c(CC2CCCCC2)c1. The Morgan fingerprint density at radius 2 is 1.58 bits per heavy atom. The van der Waals surface area contributed by atoms with Crippen LogP contribution in [0.2, 0.25) is 0 Å². The molecule has 26 heavy (non-hydrogen) atoms. The van der Waals surface area contributed by atoms with Crippen LogP contribution in [0.5, 0.6) is 0 Å². The second-order valence-electron chi connectivity index (χ2n) is 6.72. The van der Waals surface area contributed by atoms with Crippen LogP contribution in [0.15, 0.2) is 30.3 Å². The van der Waals surface area contributed by atoms with Gasteiger partial charge in [0.15, 0.2) is 17.5 Å². The van der Waals surface area contributed by atoms with Crippen molar-refractivity contribution in [3.8, 4) is 0 Å². The number of carbonyl (C=O) groups is 1. The zero-order valence-corrected chi connectivity index (χ0v) is 14.1. The van der Waals surface area contributed by atoms with Crippen molar-refractivity contribution in [2.24, 2.45) is 5.92 Å². The van der Waals surface area contributed by atoms with E-state index in [9.17, 15) is 22.4 Å². The molecule has 0 saturated heterocycles. The third-order valence-electron chi connectivity index (χ3n) is 4.78. The predicted octanol–water partition coefficient (Wildman–Crippen LogP) is 5.62. The Labute approximate surface area is 149 Å². The molecular formula is C20H19F4NO. The highest BCUT2D eigenvalue weighted by molar-refractivity contribution is 6.04. The fraction of sp³-hybridized carbons (Fsp3) is 0.350. The van der Waals surface area contributed by atoms with Gasteiger partial charge in [0.05, 0.1) is 0 Å². The van der Waals surface area contributed by atoms with Crippen molar-refractivity contribution in [3.63, 3.8) is 0 Å². The van der Waals surface area contributed by atoms with Crippen LogP contribution in [0.25, 0.3) is 0 Å². The van der Waals surface area contributed by atoms with Crippen molar-refractivity contribution >= 4 is 11.6 Å². The lowest BCUT2D eigenvalue weighted by Crippen LogP contribution is -2.15. The third-order valence-corrected chi connectivity index (χ3v) is 4.78. The second-order valence-corrected chi connectivity index (χ2v) is 6.72. The Morgan fingerprint density at radius 1 is 0.923 bits per heavy atom. The molecule has 1 fully saturated rings. The fourth-order valence-corrected chi connectivity index (χ4v) is 3.41. The summed E-state index contributed by atoms with van der Waals surface area (Å²) in [5.74, 6) is -4.99. The van der Waals surface area contributed by atoms with E-state index in [1.165, 1.54) is 24.6 Å². The van der Waals surface area contributed by atoms with Gasteiger partial charge in [0, 0.05) is 23.4 Å². The number of anilines is 1. The molecule has 138 valence electrons. The van der Waals surface area contributed by atoms with Crippen LogP contribution >= 0.6 is 0 Å². The van der Waals surface area contributed by atoms with Crippen LogP contribution in [0.1, 0.15) is 48.0 Å². The Hall–Kier alpha value is -2.37. The average Bonchev–Trinajstić information content (AvgIpc) is 2.62. The maximum absolute atomic E-state index is 14.1. The summed E-state index contributed by atoms with van der Waals surface area (Å²) in [6.07, 6.45) is 6.12. The Morgan fingerprint density at radius 3 is 2.23 bits per heavy atom. The molecule has 1 saturated carbocycles. The van der Waals surface area contributed by atoms with E-state index in [1.807, 2.05) is 0 Å². The Bertz CT molecular complexity index is 792. The lowest BCUT2D eigenvalue weighted by Gasteiger charge is -2.21. The number of hydrogen-bond acceptors (Lipinski definition) is 1. The summed E-state index contributed by atoms with van der Waals surface area (Å²) < 4.78 is 53.6. The minimum absolute atomic E-state index is 0.183. The van der Waals surface area contributed by atoms with Gasteiger partial charge >= 0.3 is 0 Å². The van der Waals surface area contributed by atoms with Gasteiger partial charge in [-0.05, 0) is 36.1 Å². The highest BCUT2D eigenvalue weighted by Crippen LogP contribution is 2.28. The molecule has 0 heterocycles. The van der Waals surface area contributed by atoms with Gasteiger partial charge < -0.3 is 5.32 Å². The molecule has 0 bridgehead atoms. The van der Waals surface area contributed by atoms with Gasteiger partial charge in [0.2, 0.25) is 0 Å². The van der Waals surface area contributed by atoms with Crippen LogP contribution in [-0.4, -0.2) is 5.91 Å². The van der Waals surface area contributed by atoms with Crippen molar-refractivity contribution in [1.29, 1.82) is 0 Å². The first-order valence-electron chi connectivity index (χ1n) is 8.68. The Balaban J connectivity index is 1.76. The summed E-state index contributed by atoms with van der Waals surface area (Å²) in [6.45, 7) is 0. The zero-order valence-electron chi connectivity index (χ0n) is 14.1. The fourth-order valence-electron chi connectivity index (χ4n) is 3.41. The minimum Gasteiger partial charge on any atom is -0.322 e. The number of benzene rings is 2. The summed E-state index contributed by atoms with van der Waals surface area (Å²) in [5, 5.41) is 2.31. The summed E-state index contributed by atoms with van der Waals surface area (Å²) >= 11 is 0. The highest BCUT2D eigenvalue weighted by atomic mass is 19.2. The van der Waals surface area contributed by atoms with Gasteiger partial charge in [-0.3, -0.25) is 4.79 Å². The third kappa shape index (κ3) is 4.23. The quantitative estimate of drug-likeness (QED) is 0.553. The molecule has 0 atom stereocenters. The second kappa shape index (κ2) is 7.89. The molecule has 2 aromatic carbocycles. The van der Waals surface area contributed by atoms with Crippen LogP contribution in [0.3, 0.4) is 0 Å². The van der Waals surface area contributed by atoms with E-state index in [0.717, 1.165) is 25.7 Å².